The SMILES string of the molecule is [N-]=[N+]=Nc1ccc(C(=O)O)cc1.[N-]=[N+]=Nc1ccc(CCCC(=O)ON2C(=O)CC(S(=O)(=O)O)C2=O)cc1. The van der Waals surface area contributed by atoms with Gasteiger partial charge in [-0.15, -0.1) is 5.06 Å². The minimum atomic E-state index is -4.75. The third-order valence-corrected chi connectivity index (χ3v) is 5.92. The number of aromatic carboxylic acids is 1. The van der Waals surface area contributed by atoms with Crippen molar-refractivity contribution in [3.05, 3.63) is 80.5 Å². The van der Waals surface area contributed by atoms with Crippen molar-refractivity contribution in [2.24, 2.45) is 10.2 Å². The molecule has 1 aliphatic heterocycles. The van der Waals surface area contributed by atoms with Gasteiger partial charge in [-0.25, -0.2) is 9.59 Å². The lowest BCUT2D eigenvalue weighted by molar-refractivity contribution is -0.197. The number of benzene rings is 2. The number of hydrogen-bond donors (Lipinski definition) is 2. The number of hydroxylamine groups is 2. The van der Waals surface area contributed by atoms with E-state index >= 15 is 0 Å². The first-order valence-electron chi connectivity index (χ1n) is 10.5. The summed E-state index contributed by atoms with van der Waals surface area (Å²) in [6.07, 6.45) is -0.0625. The molecule has 2 amide bonds. The maximum atomic E-state index is 11.7. The molecule has 2 aromatic rings. The van der Waals surface area contributed by atoms with Gasteiger partial charge in [0.2, 0.25) is 0 Å². The Kier molecular flexibility index (Phi) is 10.3. The topological polar surface area (TPSA) is 253 Å². The van der Waals surface area contributed by atoms with Crippen molar-refractivity contribution in [3.63, 3.8) is 0 Å². The number of carbonyl (C=O) groups excluding carboxylic acids is 3. The van der Waals surface area contributed by atoms with E-state index in [1.165, 1.54) is 24.3 Å². The van der Waals surface area contributed by atoms with E-state index in [-0.39, 0.29) is 17.0 Å². The summed E-state index contributed by atoms with van der Waals surface area (Å²) in [5.74, 6) is -4.19. The van der Waals surface area contributed by atoms with Gasteiger partial charge in [0.25, 0.3) is 21.9 Å². The van der Waals surface area contributed by atoms with Crippen LogP contribution < -0.4 is 0 Å². The van der Waals surface area contributed by atoms with Gasteiger partial charge in [-0.1, -0.05) is 46.6 Å². The van der Waals surface area contributed by atoms with Gasteiger partial charge in [-0.05, 0) is 41.6 Å². The molecule has 0 aromatic heterocycles. The van der Waals surface area contributed by atoms with Gasteiger partial charge in [0.15, 0.2) is 5.25 Å². The summed E-state index contributed by atoms with van der Waals surface area (Å²) in [7, 11) is -4.75. The van der Waals surface area contributed by atoms with Crippen LogP contribution in [0.15, 0.2) is 58.8 Å². The molecule has 0 saturated carbocycles. The highest BCUT2D eigenvalue weighted by molar-refractivity contribution is 7.87. The highest BCUT2D eigenvalue weighted by atomic mass is 32.2. The molecule has 1 atom stereocenters. The van der Waals surface area contributed by atoms with Crippen molar-refractivity contribution in [2.45, 2.75) is 30.9 Å². The number of imide groups is 1. The van der Waals surface area contributed by atoms with Crippen molar-refractivity contribution in [1.82, 2.24) is 5.06 Å². The monoisotopic (exact) mass is 545 g/mol. The van der Waals surface area contributed by atoms with Gasteiger partial charge in [-0.3, -0.25) is 14.1 Å². The van der Waals surface area contributed by atoms with Crippen LogP contribution in [-0.4, -0.2) is 52.1 Å². The number of carboxylic acid groups (broad SMARTS) is 1. The zero-order chi connectivity index (χ0) is 28.3. The van der Waals surface area contributed by atoms with Crippen LogP contribution in [0.3, 0.4) is 0 Å². The summed E-state index contributed by atoms with van der Waals surface area (Å²) in [4.78, 5) is 55.2. The van der Waals surface area contributed by atoms with Crippen molar-refractivity contribution in [1.29, 1.82) is 0 Å². The third-order valence-electron chi connectivity index (χ3n) is 4.83. The number of nitrogens with zero attached hydrogens (tertiary/aromatic N) is 7. The van der Waals surface area contributed by atoms with Crippen molar-refractivity contribution < 1.29 is 42.1 Å². The fourth-order valence-electron chi connectivity index (χ4n) is 3.00. The molecule has 0 aliphatic carbocycles. The summed E-state index contributed by atoms with van der Waals surface area (Å²) in [6.45, 7) is 0. The summed E-state index contributed by atoms with van der Waals surface area (Å²) in [6, 6.07) is 12.3. The Morgan fingerprint density at radius 3 is 1.97 bits per heavy atom. The summed E-state index contributed by atoms with van der Waals surface area (Å²) in [5, 5.41) is 13.4. The first kappa shape index (κ1) is 29.3. The molecule has 1 saturated heterocycles. The molecule has 1 aliphatic rings. The van der Waals surface area contributed by atoms with E-state index in [1.54, 1.807) is 24.3 Å². The minimum Gasteiger partial charge on any atom is -0.478 e. The van der Waals surface area contributed by atoms with Crippen molar-refractivity contribution in [3.8, 4) is 0 Å². The van der Waals surface area contributed by atoms with Gasteiger partial charge < -0.3 is 9.94 Å². The summed E-state index contributed by atoms with van der Waals surface area (Å²) in [5.41, 5.74) is 18.3. The molecule has 0 bridgehead atoms. The quantitative estimate of drug-likeness (QED) is 0.153. The van der Waals surface area contributed by atoms with Crippen LogP contribution in [0, 0.1) is 0 Å². The minimum absolute atomic E-state index is 0.0788. The average molecular weight is 545 g/mol. The molecule has 2 N–H and O–H groups in total. The van der Waals surface area contributed by atoms with E-state index < -0.39 is 45.5 Å². The molecule has 0 spiro atoms. The lowest BCUT2D eigenvalue weighted by atomic mass is 10.1. The Morgan fingerprint density at radius 2 is 1.53 bits per heavy atom. The zero-order valence-corrected chi connectivity index (χ0v) is 20.1. The van der Waals surface area contributed by atoms with Gasteiger partial charge in [0.1, 0.15) is 0 Å². The van der Waals surface area contributed by atoms with Crippen LogP contribution >= 0.6 is 0 Å². The van der Waals surface area contributed by atoms with E-state index in [0.29, 0.717) is 24.2 Å². The number of hydrogen-bond acceptors (Lipinski definition) is 9. The first-order valence-corrected chi connectivity index (χ1v) is 12.0. The fraction of sp³-hybridized carbons (Fsp3) is 0.238. The lowest BCUT2D eigenvalue weighted by Crippen LogP contribution is -2.36. The van der Waals surface area contributed by atoms with Crippen molar-refractivity contribution in [2.75, 3.05) is 0 Å². The normalized spacial score (nSPS) is 14.4. The molecule has 1 fully saturated rings. The number of carboxylic acids is 1. The number of rotatable bonds is 9. The Labute approximate surface area is 214 Å². The molecule has 38 heavy (non-hydrogen) atoms. The predicted octanol–water partition coefficient (Wildman–Crippen LogP) is 3.75. The number of azide groups is 2. The largest absolute Gasteiger partial charge is 0.478 e. The third kappa shape index (κ3) is 8.61. The fourth-order valence-corrected chi connectivity index (χ4v) is 3.70. The van der Waals surface area contributed by atoms with E-state index in [4.69, 9.17) is 20.7 Å². The van der Waals surface area contributed by atoms with E-state index in [1.807, 2.05) is 0 Å². The van der Waals surface area contributed by atoms with Crippen LogP contribution in [-0.2, 0) is 35.8 Å². The lowest BCUT2D eigenvalue weighted by Gasteiger charge is -2.13. The van der Waals surface area contributed by atoms with Gasteiger partial charge in [0.05, 0.1) is 12.0 Å². The first-order chi connectivity index (χ1) is 18.0. The van der Waals surface area contributed by atoms with Crippen LogP contribution in [0.5, 0.6) is 0 Å². The molecular formula is C21H19N7O9S. The molecule has 1 unspecified atom stereocenters. The average Bonchev–Trinajstić information content (AvgIpc) is 3.15. The van der Waals surface area contributed by atoms with E-state index in [9.17, 15) is 27.6 Å². The maximum Gasteiger partial charge on any atom is 0.335 e. The predicted molar refractivity (Wildman–Crippen MR) is 128 cm³/mol. The summed E-state index contributed by atoms with van der Waals surface area (Å²) >= 11 is 0. The Balaban J connectivity index is 0.000000352. The van der Waals surface area contributed by atoms with Crippen LogP contribution in [0.25, 0.3) is 20.9 Å². The van der Waals surface area contributed by atoms with E-state index in [2.05, 4.69) is 24.9 Å². The Morgan fingerprint density at radius 1 is 1.00 bits per heavy atom. The van der Waals surface area contributed by atoms with Gasteiger partial charge >= 0.3 is 11.9 Å². The Bertz CT molecular complexity index is 1390. The number of carbonyl (C=O) groups is 4. The number of aryl methyl sites for hydroxylation is 1. The van der Waals surface area contributed by atoms with Crippen LogP contribution in [0.1, 0.15) is 35.2 Å². The second-order valence-corrected chi connectivity index (χ2v) is 9.05. The molecule has 17 heteroatoms. The molecule has 2 aromatic carbocycles. The number of amides is 2. The molecular weight excluding hydrogens is 526 g/mol. The second kappa shape index (κ2) is 13.4. The summed E-state index contributed by atoms with van der Waals surface area (Å²) < 4.78 is 30.9. The smallest absolute Gasteiger partial charge is 0.335 e. The molecule has 198 valence electrons. The zero-order valence-electron chi connectivity index (χ0n) is 19.3. The highest BCUT2D eigenvalue weighted by Crippen LogP contribution is 2.20. The van der Waals surface area contributed by atoms with Gasteiger partial charge in [0, 0.05) is 27.6 Å². The van der Waals surface area contributed by atoms with Crippen LogP contribution in [0.4, 0.5) is 11.4 Å². The Hall–Kier alpha value is -4.95. The second-order valence-electron chi connectivity index (χ2n) is 7.45. The highest BCUT2D eigenvalue weighted by Gasteiger charge is 2.48. The molecule has 3 rings (SSSR count). The standard InChI is InChI=1S/C14H14N4O7S.C7H5N3O2/c15-17-16-10-6-4-9(5-7-10)2-1-3-13(20)25-18-12(19)8-11(14(18)21)26(22,23)24;8-10-9-6-3-1-5(2-4-6)7(11)12/h4-7,11H,1-3,8H2,(H,22,23,24);1-4H,(H,11,12). The van der Waals surface area contributed by atoms with Crippen molar-refractivity contribution >= 4 is 45.2 Å². The van der Waals surface area contributed by atoms with Gasteiger partial charge in [-0.2, -0.15) is 8.42 Å². The van der Waals surface area contributed by atoms with Crippen LogP contribution in [0.2, 0.25) is 0 Å². The molecule has 1 heterocycles. The molecule has 0 radical (unpaired) electrons. The maximum absolute atomic E-state index is 11.7. The van der Waals surface area contributed by atoms with E-state index in [0.717, 1.165) is 5.56 Å². The molecule has 16 nitrogen and oxygen atoms in total.